The quantitative estimate of drug-likeness (QED) is 0.751. The number of hydrogen-bond acceptors (Lipinski definition) is 4. The predicted molar refractivity (Wildman–Crippen MR) is 96.3 cm³/mol. The Morgan fingerprint density at radius 1 is 1.24 bits per heavy atom. The summed E-state index contributed by atoms with van der Waals surface area (Å²) in [5.41, 5.74) is 3.11. The van der Waals surface area contributed by atoms with Gasteiger partial charge in [-0.3, -0.25) is 14.9 Å². The van der Waals surface area contributed by atoms with Gasteiger partial charge in [0.1, 0.15) is 5.75 Å². The van der Waals surface area contributed by atoms with Crippen molar-refractivity contribution in [2.24, 2.45) is 0 Å². The van der Waals surface area contributed by atoms with E-state index in [9.17, 15) is 4.79 Å². The number of aromatic amines is 1. The Balaban J connectivity index is 1.75. The third kappa shape index (κ3) is 3.10. The second-order valence-corrected chi connectivity index (χ2v) is 6.04. The lowest BCUT2D eigenvalue weighted by Gasteiger charge is -2.10. The first-order valence-corrected chi connectivity index (χ1v) is 8.20. The fourth-order valence-electron chi connectivity index (χ4n) is 2.76. The molecule has 0 saturated heterocycles. The van der Waals surface area contributed by atoms with E-state index in [0.717, 1.165) is 35.0 Å². The third-order valence-corrected chi connectivity index (χ3v) is 4.21. The van der Waals surface area contributed by atoms with Gasteiger partial charge in [-0.1, -0.05) is 6.08 Å². The zero-order valence-corrected chi connectivity index (χ0v) is 13.8. The molecule has 2 aromatic heterocycles. The monoisotopic (exact) mass is 334 g/mol. The van der Waals surface area contributed by atoms with Crippen molar-refractivity contribution in [2.75, 3.05) is 7.11 Å². The Labute approximate surface area is 144 Å². The first-order valence-electron chi connectivity index (χ1n) is 8.20. The molecule has 4 rings (SSSR count). The molecular weight excluding hydrogens is 316 g/mol. The molecule has 1 aliphatic rings. The van der Waals surface area contributed by atoms with Gasteiger partial charge in [-0.2, -0.15) is 5.10 Å². The number of carbonyl (C=O) groups is 1. The number of methoxy groups -OCH3 is 1. The number of hydrogen-bond donors (Lipinski definition) is 2. The highest BCUT2D eigenvalue weighted by Gasteiger charge is 2.26. The van der Waals surface area contributed by atoms with E-state index in [-0.39, 0.29) is 5.91 Å². The third-order valence-electron chi connectivity index (χ3n) is 4.21. The number of nitrogens with one attached hydrogen (secondary N) is 2. The Morgan fingerprint density at radius 3 is 2.76 bits per heavy atom. The summed E-state index contributed by atoms with van der Waals surface area (Å²) >= 11 is 0. The fourth-order valence-corrected chi connectivity index (χ4v) is 2.76. The number of benzene rings is 1. The van der Waals surface area contributed by atoms with Gasteiger partial charge >= 0.3 is 0 Å². The van der Waals surface area contributed by atoms with Crippen molar-refractivity contribution < 1.29 is 9.53 Å². The van der Waals surface area contributed by atoms with Crippen LogP contribution >= 0.6 is 0 Å². The first-order chi connectivity index (χ1) is 12.3. The number of H-pyrrole nitrogens is 1. The van der Waals surface area contributed by atoms with Crippen molar-refractivity contribution in [1.29, 1.82) is 0 Å². The maximum Gasteiger partial charge on any atom is 0.255 e. The van der Waals surface area contributed by atoms with Gasteiger partial charge in [0.05, 0.1) is 29.3 Å². The van der Waals surface area contributed by atoms with Gasteiger partial charge in [-0.25, -0.2) is 0 Å². The highest BCUT2D eigenvalue weighted by Crippen LogP contribution is 2.33. The van der Waals surface area contributed by atoms with Gasteiger partial charge in [0.2, 0.25) is 0 Å². The average molecular weight is 334 g/mol. The molecule has 0 radical (unpaired) electrons. The average Bonchev–Trinajstić information content (AvgIpc) is 3.36. The highest BCUT2D eigenvalue weighted by molar-refractivity contribution is 6.05. The normalized spacial score (nSPS) is 14.1. The SMILES string of the molecule is COc1c(C(=O)NC2CC2)ccc2[nH]nc(/C=C/c3ccncc3)c12. The highest BCUT2D eigenvalue weighted by atomic mass is 16.5. The lowest BCUT2D eigenvalue weighted by atomic mass is 10.1. The van der Waals surface area contributed by atoms with Gasteiger partial charge in [0.15, 0.2) is 0 Å². The van der Waals surface area contributed by atoms with Crippen LogP contribution < -0.4 is 10.1 Å². The number of pyridine rings is 1. The van der Waals surface area contributed by atoms with E-state index in [1.807, 2.05) is 30.4 Å². The molecule has 126 valence electrons. The minimum atomic E-state index is -0.105. The molecule has 1 amide bonds. The number of amides is 1. The number of ether oxygens (including phenoxy) is 1. The second kappa shape index (κ2) is 6.39. The Bertz CT molecular complexity index is 943. The van der Waals surface area contributed by atoms with E-state index in [0.29, 0.717) is 17.4 Å². The molecule has 0 atom stereocenters. The van der Waals surface area contributed by atoms with Gasteiger partial charge in [0, 0.05) is 18.4 Å². The molecule has 1 fully saturated rings. The Kier molecular flexibility index (Phi) is 3.93. The number of rotatable bonds is 5. The molecule has 6 heteroatoms. The van der Waals surface area contributed by atoms with E-state index >= 15 is 0 Å². The number of nitrogens with zero attached hydrogens (tertiary/aromatic N) is 2. The summed E-state index contributed by atoms with van der Waals surface area (Å²) in [5, 5.41) is 11.2. The van der Waals surface area contributed by atoms with Crippen molar-refractivity contribution in [2.45, 2.75) is 18.9 Å². The van der Waals surface area contributed by atoms with Gasteiger partial charge < -0.3 is 10.1 Å². The molecular formula is C19H18N4O2. The fraction of sp³-hybridized carbons (Fsp3) is 0.211. The molecule has 2 N–H and O–H groups in total. The molecule has 6 nitrogen and oxygen atoms in total. The molecule has 1 aliphatic carbocycles. The summed E-state index contributed by atoms with van der Waals surface area (Å²) in [5.74, 6) is 0.435. The van der Waals surface area contributed by atoms with Crippen LogP contribution in [0.1, 0.15) is 34.5 Å². The molecule has 3 aromatic rings. The van der Waals surface area contributed by atoms with Crippen LogP contribution in [-0.4, -0.2) is 34.2 Å². The largest absolute Gasteiger partial charge is 0.495 e. The van der Waals surface area contributed by atoms with Crippen molar-refractivity contribution in [1.82, 2.24) is 20.5 Å². The van der Waals surface area contributed by atoms with Crippen molar-refractivity contribution in [3.63, 3.8) is 0 Å². The maximum atomic E-state index is 12.5. The van der Waals surface area contributed by atoms with Crippen LogP contribution in [0, 0.1) is 0 Å². The van der Waals surface area contributed by atoms with Crippen molar-refractivity contribution >= 4 is 29.0 Å². The summed E-state index contributed by atoms with van der Waals surface area (Å²) in [6, 6.07) is 7.75. The predicted octanol–water partition coefficient (Wildman–Crippen LogP) is 3.03. The lowest BCUT2D eigenvalue weighted by molar-refractivity contribution is 0.0948. The number of carbonyl (C=O) groups excluding carboxylic acids is 1. The lowest BCUT2D eigenvalue weighted by Crippen LogP contribution is -2.25. The Hall–Kier alpha value is -3.15. The van der Waals surface area contributed by atoms with E-state index < -0.39 is 0 Å². The van der Waals surface area contributed by atoms with Crippen LogP contribution in [0.25, 0.3) is 23.1 Å². The summed E-state index contributed by atoms with van der Waals surface area (Å²) in [6.07, 6.45) is 9.42. The topological polar surface area (TPSA) is 79.9 Å². The van der Waals surface area contributed by atoms with Gasteiger partial charge in [0.25, 0.3) is 5.91 Å². The van der Waals surface area contributed by atoms with Crippen LogP contribution in [0.2, 0.25) is 0 Å². The number of aromatic nitrogens is 3. The smallest absolute Gasteiger partial charge is 0.255 e. The molecule has 2 heterocycles. The molecule has 1 aromatic carbocycles. The molecule has 0 aliphatic heterocycles. The van der Waals surface area contributed by atoms with Crippen LogP contribution in [0.4, 0.5) is 0 Å². The zero-order chi connectivity index (χ0) is 17.2. The van der Waals surface area contributed by atoms with Crippen molar-refractivity contribution in [3.05, 3.63) is 53.5 Å². The van der Waals surface area contributed by atoms with E-state index in [1.54, 1.807) is 25.6 Å². The zero-order valence-electron chi connectivity index (χ0n) is 13.8. The maximum absolute atomic E-state index is 12.5. The number of fused-ring (bicyclic) bond motifs is 1. The van der Waals surface area contributed by atoms with Gasteiger partial charge in [-0.15, -0.1) is 0 Å². The standard InChI is InChI=1S/C19H18N4O2/c1-25-18-14(19(24)21-13-3-4-13)5-7-16-17(18)15(22-23-16)6-2-12-8-10-20-11-9-12/h2,5-11,13H,3-4H2,1H3,(H,21,24)(H,22,23)/b6-2+. The van der Waals surface area contributed by atoms with Crippen LogP contribution in [0.5, 0.6) is 5.75 Å². The second-order valence-electron chi connectivity index (χ2n) is 6.04. The summed E-state index contributed by atoms with van der Waals surface area (Å²) < 4.78 is 5.57. The minimum absolute atomic E-state index is 0.105. The van der Waals surface area contributed by atoms with E-state index in [4.69, 9.17) is 4.74 Å². The minimum Gasteiger partial charge on any atom is -0.495 e. The summed E-state index contributed by atoms with van der Waals surface area (Å²) in [7, 11) is 1.58. The van der Waals surface area contributed by atoms with Crippen LogP contribution in [0.3, 0.4) is 0 Å². The summed E-state index contributed by atoms with van der Waals surface area (Å²) in [4.78, 5) is 16.5. The van der Waals surface area contributed by atoms with Crippen molar-refractivity contribution in [3.8, 4) is 5.75 Å². The first kappa shape index (κ1) is 15.4. The Morgan fingerprint density at radius 2 is 2.04 bits per heavy atom. The van der Waals surface area contributed by atoms with E-state index in [2.05, 4.69) is 20.5 Å². The molecule has 1 saturated carbocycles. The van der Waals surface area contributed by atoms with Gasteiger partial charge in [-0.05, 0) is 48.7 Å². The molecule has 0 bridgehead atoms. The molecule has 0 unspecified atom stereocenters. The molecule has 0 spiro atoms. The van der Waals surface area contributed by atoms with E-state index in [1.165, 1.54) is 0 Å². The summed E-state index contributed by atoms with van der Waals surface area (Å²) in [6.45, 7) is 0. The van der Waals surface area contributed by atoms with Crippen LogP contribution in [0.15, 0.2) is 36.7 Å². The molecule has 25 heavy (non-hydrogen) atoms. The van der Waals surface area contributed by atoms with Crippen LogP contribution in [-0.2, 0) is 0 Å².